The Labute approximate surface area is 120 Å². The van der Waals surface area contributed by atoms with Gasteiger partial charge in [-0.2, -0.15) is 0 Å². The number of hydrogen-bond acceptors (Lipinski definition) is 4. The highest BCUT2D eigenvalue weighted by atomic mass is 16.5. The number of carbonyl (C=O) groups excluding carboxylic acids is 1. The summed E-state index contributed by atoms with van der Waals surface area (Å²) >= 11 is 0. The van der Waals surface area contributed by atoms with Crippen LogP contribution < -0.4 is 0 Å². The molecular weight excluding hydrogens is 254 g/mol. The fourth-order valence-corrected chi connectivity index (χ4v) is 2.52. The van der Waals surface area contributed by atoms with Crippen LogP contribution in [0.25, 0.3) is 0 Å². The maximum absolute atomic E-state index is 11.9. The van der Waals surface area contributed by atoms with Crippen molar-refractivity contribution < 1.29 is 9.53 Å². The van der Waals surface area contributed by atoms with E-state index >= 15 is 0 Å². The molecule has 1 aliphatic heterocycles. The second-order valence-electron chi connectivity index (χ2n) is 5.09. The molecule has 1 aliphatic rings. The van der Waals surface area contributed by atoms with Crippen molar-refractivity contribution in [2.75, 3.05) is 39.9 Å². The van der Waals surface area contributed by atoms with Crippen LogP contribution in [0.15, 0.2) is 24.4 Å². The van der Waals surface area contributed by atoms with Gasteiger partial charge >= 0.3 is 0 Å². The zero-order valence-electron chi connectivity index (χ0n) is 12.3. The van der Waals surface area contributed by atoms with E-state index in [1.165, 1.54) is 0 Å². The summed E-state index contributed by atoms with van der Waals surface area (Å²) in [4.78, 5) is 20.6. The largest absolute Gasteiger partial charge is 0.384 e. The monoisotopic (exact) mass is 277 g/mol. The van der Waals surface area contributed by atoms with E-state index in [-0.39, 0.29) is 5.91 Å². The highest BCUT2D eigenvalue weighted by molar-refractivity contribution is 5.76. The molecule has 1 aromatic rings. The van der Waals surface area contributed by atoms with Gasteiger partial charge in [-0.1, -0.05) is 6.07 Å². The lowest BCUT2D eigenvalue weighted by Crippen LogP contribution is -2.49. The molecule has 20 heavy (non-hydrogen) atoms. The lowest BCUT2D eigenvalue weighted by molar-refractivity contribution is -0.134. The van der Waals surface area contributed by atoms with Crippen LogP contribution in [0, 0.1) is 0 Å². The maximum atomic E-state index is 11.9. The third-order valence-corrected chi connectivity index (χ3v) is 3.85. The molecule has 110 valence electrons. The number of hydrogen-bond donors (Lipinski definition) is 0. The fraction of sp³-hybridized carbons (Fsp3) is 0.600. The van der Waals surface area contributed by atoms with Crippen LogP contribution in [0.5, 0.6) is 0 Å². The Kier molecular flexibility index (Phi) is 5.49. The fourth-order valence-electron chi connectivity index (χ4n) is 2.52. The molecular formula is C15H23N3O2. The first-order valence-electron chi connectivity index (χ1n) is 7.14. The minimum atomic E-state index is 0.192. The number of piperazine rings is 1. The van der Waals surface area contributed by atoms with Crippen LogP contribution in [-0.2, 0) is 9.53 Å². The molecule has 1 fully saturated rings. The van der Waals surface area contributed by atoms with Crippen molar-refractivity contribution in [3.05, 3.63) is 30.1 Å². The van der Waals surface area contributed by atoms with Gasteiger partial charge in [0.05, 0.1) is 18.7 Å². The lowest BCUT2D eigenvalue weighted by Gasteiger charge is -2.37. The minimum Gasteiger partial charge on any atom is -0.384 e. The summed E-state index contributed by atoms with van der Waals surface area (Å²) in [7, 11) is 1.62. The topological polar surface area (TPSA) is 45.7 Å². The quantitative estimate of drug-likeness (QED) is 0.814. The van der Waals surface area contributed by atoms with Crippen LogP contribution in [0.4, 0.5) is 0 Å². The van der Waals surface area contributed by atoms with Crippen LogP contribution in [0.2, 0.25) is 0 Å². The first-order valence-corrected chi connectivity index (χ1v) is 7.14. The molecule has 0 saturated carbocycles. The van der Waals surface area contributed by atoms with Gasteiger partial charge in [0.15, 0.2) is 0 Å². The molecule has 1 saturated heterocycles. The first-order chi connectivity index (χ1) is 9.72. The van der Waals surface area contributed by atoms with E-state index in [1.54, 1.807) is 7.11 Å². The average molecular weight is 277 g/mol. The van der Waals surface area contributed by atoms with E-state index < -0.39 is 0 Å². The van der Waals surface area contributed by atoms with Gasteiger partial charge in [0.2, 0.25) is 5.91 Å². The molecule has 5 nitrogen and oxygen atoms in total. The first kappa shape index (κ1) is 14.9. The van der Waals surface area contributed by atoms with Gasteiger partial charge in [-0.05, 0) is 19.1 Å². The Morgan fingerprint density at radius 1 is 1.35 bits per heavy atom. The molecule has 1 aromatic heterocycles. The van der Waals surface area contributed by atoms with Crippen molar-refractivity contribution in [1.29, 1.82) is 0 Å². The zero-order valence-corrected chi connectivity index (χ0v) is 12.3. The summed E-state index contributed by atoms with van der Waals surface area (Å²) in [6.45, 7) is 6.06. The number of aromatic nitrogens is 1. The predicted molar refractivity (Wildman–Crippen MR) is 77.3 cm³/mol. The lowest BCUT2D eigenvalue weighted by atomic mass is 10.1. The normalized spacial score (nSPS) is 18.0. The number of rotatable bonds is 5. The number of pyridine rings is 1. The number of methoxy groups -OCH3 is 1. The van der Waals surface area contributed by atoms with Crippen molar-refractivity contribution in [2.45, 2.75) is 19.4 Å². The SMILES string of the molecule is COCCC(=O)N1CCN(C(C)c2ccccn2)CC1. The van der Waals surface area contributed by atoms with Gasteiger partial charge < -0.3 is 9.64 Å². The molecule has 1 atom stereocenters. The molecule has 0 radical (unpaired) electrons. The summed E-state index contributed by atoms with van der Waals surface area (Å²) in [6, 6.07) is 6.31. The van der Waals surface area contributed by atoms with E-state index in [9.17, 15) is 4.79 Å². The zero-order chi connectivity index (χ0) is 14.4. The van der Waals surface area contributed by atoms with Gasteiger partial charge in [-0.15, -0.1) is 0 Å². The molecule has 1 unspecified atom stereocenters. The van der Waals surface area contributed by atoms with E-state index in [2.05, 4.69) is 22.9 Å². The van der Waals surface area contributed by atoms with E-state index in [4.69, 9.17) is 4.74 Å². The second-order valence-corrected chi connectivity index (χ2v) is 5.09. The summed E-state index contributed by atoms with van der Waals surface area (Å²) in [6.07, 6.45) is 2.31. The van der Waals surface area contributed by atoms with E-state index in [1.807, 2.05) is 23.2 Å². The third-order valence-electron chi connectivity index (χ3n) is 3.85. The summed E-state index contributed by atoms with van der Waals surface area (Å²) in [5.74, 6) is 0.192. The summed E-state index contributed by atoms with van der Waals surface area (Å²) in [5.41, 5.74) is 1.09. The highest BCUT2D eigenvalue weighted by Gasteiger charge is 2.24. The van der Waals surface area contributed by atoms with Crippen molar-refractivity contribution >= 4 is 5.91 Å². The van der Waals surface area contributed by atoms with Crippen molar-refractivity contribution in [3.8, 4) is 0 Å². The number of carbonyl (C=O) groups is 1. The van der Waals surface area contributed by atoms with Crippen molar-refractivity contribution in [1.82, 2.24) is 14.8 Å². The maximum Gasteiger partial charge on any atom is 0.224 e. The Morgan fingerprint density at radius 3 is 2.70 bits per heavy atom. The number of nitrogens with zero attached hydrogens (tertiary/aromatic N) is 3. The molecule has 0 bridgehead atoms. The molecule has 0 N–H and O–H groups in total. The number of amides is 1. The Hall–Kier alpha value is -1.46. The number of ether oxygens (including phenoxy) is 1. The van der Waals surface area contributed by atoms with E-state index in [0.29, 0.717) is 19.1 Å². The molecule has 5 heteroatoms. The molecule has 2 rings (SSSR count). The Morgan fingerprint density at radius 2 is 2.10 bits per heavy atom. The van der Waals surface area contributed by atoms with Crippen LogP contribution >= 0.6 is 0 Å². The summed E-state index contributed by atoms with van der Waals surface area (Å²) in [5, 5.41) is 0. The smallest absolute Gasteiger partial charge is 0.224 e. The molecule has 2 heterocycles. The second kappa shape index (κ2) is 7.36. The molecule has 0 spiro atoms. The minimum absolute atomic E-state index is 0.192. The molecule has 0 aliphatic carbocycles. The van der Waals surface area contributed by atoms with Crippen molar-refractivity contribution in [2.24, 2.45) is 0 Å². The Bertz CT molecular complexity index is 416. The van der Waals surface area contributed by atoms with Gasteiger partial charge in [-0.3, -0.25) is 14.7 Å². The third kappa shape index (κ3) is 3.77. The molecule has 1 amide bonds. The van der Waals surface area contributed by atoms with Crippen LogP contribution in [0.3, 0.4) is 0 Å². The molecule has 0 aromatic carbocycles. The van der Waals surface area contributed by atoms with Gasteiger partial charge in [0, 0.05) is 45.5 Å². The highest BCUT2D eigenvalue weighted by Crippen LogP contribution is 2.19. The Balaban J connectivity index is 1.83. The standard InChI is InChI=1S/C15H23N3O2/c1-13(14-5-3-4-7-16-14)17-8-10-18(11-9-17)15(19)6-12-20-2/h3-5,7,13H,6,8-12H2,1-2H3. The van der Waals surface area contributed by atoms with Gasteiger partial charge in [-0.25, -0.2) is 0 Å². The van der Waals surface area contributed by atoms with Gasteiger partial charge in [0.25, 0.3) is 0 Å². The van der Waals surface area contributed by atoms with Crippen LogP contribution in [0.1, 0.15) is 25.1 Å². The average Bonchev–Trinajstić information content (AvgIpc) is 2.53. The van der Waals surface area contributed by atoms with E-state index in [0.717, 1.165) is 31.9 Å². The van der Waals surface area contributed by atoms with Crippen LogP contribution in [-0.4, -0.2) is 60.6 Å². The predicted octanol–water partition coefficient (Wildman–Crippen LogP) is 1.32. The van der Waals surface area contributed by atoms with Crippen molar-refractivity contribution in [3.63, 3.8) is 0 Å². The van der Waals surface area contributed by atoms with Gasteiger partial charge in [0.1, 0.15) is 0 Å². The summed E-state index contributed by atoms with van der Waals surface area (Å²) < 4.78 is 4.95.